The van der Waals surface area contributed by atoms with Gasteiger partial charge in [-0.25, -0.2) is 0 Å². The largest absolute Gasteiger partial charge is 0.456 e. The molecule has 106 valence electrons. The molecular weight excluding hydrogens is 264 g/mol. The van der Waals surface area contributed by atoms with Crippen LogP contribution in [0.25, 0.3) is 0 Å². The standard InChI is InChI=1S/C14H20N2O2.ClH/c1-8-5-9(2)18-13(8)14(17)16-6-10-3-4-12(15)11(10)7-16;/h5,10-12H,3-4,6-7,15H2,1-2H3;1H. The Hall–Kier alpha value is -1.00. The second-order valence-electron chi connectivity index (χ2n) is 5.74. The Labute approximate surface area is 119 Å². The van der Waals surface area contributed by atoms with Gasteiger partial charge in [0.05, 0.1) is 0 Å². The van der Waals surface area contributed by atoms with Crippen molar-refractivity contribution in [1.82, 2.24) is 4.90 Å². The zero-order valence-corrected chi connectivity index (χ0v) is 12.2. The molecule has 1 saturated heterocycles. The van der Waals surface area contributed by atoms with E-state index in [-0.39, 0.29) is 24.4 Å². The molecule has 19 heavy (non-hydrogen) atoms. The fraction of sp³-hybridized carbons (Fsp3) is 0.643. The van der Waals surface area contributed by atoms with Crippen molar-refractivity contribution in [3.8, 4) is 0 Å². The lowest BCUT2D eigenvalue weighted by Gasteiger charge is -2.17. The number of carbonyl (C=O) groups excluding carboxylic acids is 1. The summed E-state index contributed by atoms with van der Waals surface area (Å²) < 4.78 is 5.51. The van der Waals surface area contributed by atoms with E-state index in [1.54, 1.807) is 0 Å². The lowest BCUT2D eigenvalue weighted by Crippen LogP contribution is -2.33. The van der Waals surface area contributed by atoms with Gasteiger partial charge < -0.3 is 15.1 Å². The van der Waals surface area contributed by atoms with Gasteiger partial charge in [-0.15, -0.1) is 12.4 Å². The van der Waals surface area contributed by atoms with Crippen molar-refractivity contribution in [2.75, 3.05) is 13.1 Å². The minimum atomic E-state index is 0. The summed E-state index contributed by atoms with van der Waals surface area (Å²) in [5, 5.41) is 0. The van der Waals surface area contributed by atoms with Crippen LogP contribution in [0.15, 0.2) is 10.5 Å². The van der Waals surface area contributed by atoms with Crippen molar-refractivity contribution in [2.45, 2.75) is 32.7 Å². The quantitative estimate of drug-likeness (QED) is 0.859. The van der Waals surface area contributed by atoms with Crippen LogP contribution in [0.4, 0.5) is 0 Å². The summed E-state index contributed by atoms with van der Waals surface area (Å²) in [7, 11) is 0. The summed E-state index contributed by atoms with van der Waals surface area (Å²) in [6.07, 6.45) is 2.27. The highest BCUT2D eigenvalue weighted by molar-refractivity contribution is 5.93. The Bertz CT molecular complexity index is 486. The van der Waals surface area contributed by atoms with Crippen LogP contribution in [0, 0.1) is 25.7 Å². The third kappa shape index (κ3) is 2.39. The first-order valence-corrected chi connectivity index (χ1v) is 6.68. The number of likely N-dealkylation sites (tertiary alicyclic amines) is 1. The fourth-order valence-electron chi connectivity index (χ4n) is 3.47. The van der Waals surface area contributed by atoms with Crippen LogP contribution in [-0.4, -0.2) is 29.9 Å². The van der Waals surface area contributed by atoms with Crippen molar-refractivity contribution in [1.29, 1.82) is 0 Å². The average Bonchev–Trinajstić information content (AvgIpc) is 2.96. The van der Waals surface area contributed by atoms with Crippen LogP contribution in [-0.2, 0) is 0 Å². The second-order valence-corrected chi connectivity index (χ2v) is 5.74. The molecule has 5 heteroatoms. The number of fused-ring (bicyclic) bond motifs is 1. The summed E-state index contributed by atoms with van der Waals surface area (Å²) in [6.45, 7) is 5.44. The Morgan fingerprint density at radius 1 is 1.37 bits per heavy atom. The third-order valence-corrected chi connectivity index (χ3v) is 4.43. The van der Waals surface area contributed by atoms with Gasteiger partial charge in [0.2, 0.25) is 0 Å². The monoisotopic (exact) mass is 284 g/mol. The number of nitrogens with two attached hydrogens (primary N) is 1. The number of aryl methyl sites for hydroxylation is 2. The minimum absolute atomic E-state index is 0. The van der Waals surface area contributed by atoms with Crippen LogP contribution in [0.2, 0.25) is 0 Å². The van der Waals surface area contributed by atoms with Crippen molar-refractivity contribution in [2.24, 2.45) is 17.6 Å². The molecular formula is C14H21ClN2O2. The molecule has 1 aromatic rings. The van der Waals surface area contributed by atoms with Crippen molar-refractivity contribution in [3.05, 3.63) is 23.2 Å². The number of hydrogen-bond donors (Lipinski definition) is 1. The number of amides is 1. The molecule has 0 aromatic carbocycles. The van der Waals surface area contributed by atoms with Crippen molar-refractivity contribution < 1.29 is 9.21 Å². The number of rotatable bonds is 1. The van der Waals surface area contributed by atoms with Gasteiger partial charge in [0.1, 0.15) is 5.76 Å². The molecule has 0 radical (unpaired) electrons. The van der Waals surface area contributed by atoms with Gasteiger partial charge >= 0.3 is 0 Å². The van der Waals surface area contributed by atoms with Gasteiger partial charge in [0.15, 0.2) is 5.76 Å². The molecule has 4 nitrogen and oxygen atoms in total. The van der Waals surface area contributed by atoms with Crippen molar-refractivity contribution >= 4 is 18.3 Å². The van der Waals surface area contributed by atoms with E-state index in [1.165, 1.54) is 0 Å². The first-order valence-electron chi connectivity index (χ1n) is 6.68. The van der Waals surface area contributed by atoms with Gasteiger partial charge in [-0.1, -0.05) is 0 Å². The van der Waals surface area contributed by atoms with Crippen molar-refractivity contribution in [3.63, 3.8) is 0 Å². The molecule has 2 heterocycles. The maximum atomic E-state index is 12.4. The molecule has 0 bridgehead atoms. The highest BCUT2D eigenvalue weighted by atomic mass is 35.5. The molecule has 2 aliphatic rings. The van der Waals surface area contributed by atoms with Crippen LogP contribution >= 0.6 is 12.4 Å². The molecule has 1 aliphatic heterocycles. The highest BCUT2D eigenvalue weighted by Crippen LogP contribution is 2.37. The number of nitrogens with zero attached hydrogens (tertiary/aromatic N) is 1. The van der Waals surface area contributed by atoms with E-state index in [1.807, 2.05) is 24.8 Å². The van der Waals surface area contributed by atoms with Gasteiger partial charge in [-0.05, 0) is 44.6 Å². The SMILES string of the molecule is Cc1cc(C)c(C(=O)N2CC3CCC(N)C3C2)o1.Cl. The summed E-state index contributed by atoms with van der Waals surface area (Å²) in [4.78, 5) is 14.3. The summed E-state index contributed by atoms with van der Waals surface area (Å²) in [5.41, 5.74) is 7.02. The maximum Gasteiger partial charge on any atom is 0.289 e. The molecule has 1 amide bonds. The molecule has 1 saturated carbocycles. The average molecular weight is 285 g/mol. The number of halogens is 1. The lowest BCUT2D eigenvalue weighted by atomic mass is 9.98. The first-order chi connectivity index (χ1) is 8.56. The predicted octanol–water partition coefficient (Wildman–Crippen LogP) is 2.13. The molecule has 3 unspecified atom stereocenters. The summed E-state index contributed by atoms with van der Waals surface area (Å²) in [6, 6.07) is 2.18. The van der Waals surface area contributed by atoms with Crippen LogP contribution in [0.3, 0.4) is 0 Å². The smallest absolute Gasteiger partial charge is 0.289 e. The Kier molecular flexibility index (Phi) is 3.92. The van der Waals surface area contributed by atoms with E-state index in [9.17, 15) is 4.79 Å². The van der Waals surface area contributed by atoms with E-state index in [0.29, 0.717) is 17.6 Å². The zero-order valence-electron chi connectivity index (χ0n) is 11.4. The van der Waals surface area contributed by atoms with Crippen LogP contribution in [0.1, 0.15) is 34.7 Å². The normalized spacial score (nSPS) is 29.2. The van der Waals surface area contributed by atoms with Gasteiger partial charge in [-0.2, -0.15) is 0 Å². The number of carbonyl (C=O) groups is 1. The molecule has 1 aliphatic carbocycles. The Morgan fingerprint density at radius 2 is 2.11 bits per heavy atom. The topological polar surface area (TPSA) is 59.5 Å². The van der Waals surface area contributed by atoms with Crippen LogP contribution < -0.4 is 5.73 Å². The second kappa shape index (κ2) is 5.17. The number of hydrogen-bond acceptors (Lipinski definition) is 3. The molecule has 1 aromatic heterocycles. The molecule has 2 N–H and O–H groups in total. The number of furan rings is 1. The van der Waals surface area contributed by atoms with Gasteiger partial charge in [-0.3, -0.25) is 4.79 Å². The zero-order chi connectivity index (χ0) is 12.9. The van der Waals surface area contributed by atoms with Crippen LogP contribution in [0.5, 0.6) is 0 Å². The molecule has 3 atom stereocenters. The van der Waals surface area contributed by atoms with E-state index in [2.05, 4.69) is 0 Å². The predicted molar refractivity (Wildman–Crippen MR) is 75.5 cm³/mol. The van der Waals surface area contributed by atoms with E-state index in [0.717, 1.165) is 37.3 Å². The van der Waals surface area contributed by atoms with E-state index in [4.69, 9.17) is 10.2 Å². The molecule has 3 rings (SSSR count). The maximum absolute atomic E-state index is 12.4. The first kappa shape index (κ1) is 14.4. The van der Waals surface area contributed by atoms with E-state index >= 15 is 0 Å². The Morgan fingerprint density at radius 3 is 2.68 bits per heavy atom. The molecule has 2 fully saturated rings. The summed E-state index contributed by atoms with van der Waals surface area (Å²) in [5.74, 6) is 2.42. The van der Waals surface area contributed by atoms with E-state index < -0.39 is 0 Å². The minimum Gasteiger partial charge on any atom is -0.456 e. The third-order valence-electron chi connectivity index (χ3n) is 4.43. The fourth-order valence-corrected chi connectivity index (χ4v) is 3.47. The van der Waals surface area contributed by atoms with Gasteiger partial charge in [0, 0.05) is 24.7 Å². The highest BCUT2D eigenvalue weighted by Gasteiger charge is 2.43. The van der Waals surface area contributed by atoms with Gasteiger partial charge in [0.25, 0.3) is 5.91 Å². The molecule has 0 spiro atoms. The summed E-state index contributed by atoms with van der Waals surface area (Å²) >= 11 is 0. The Balaban J connectivity index is 0.00000133. The lowest BCUT2D eigenvalue weighted by molar-refractivity contribution is 0.0745.